The van der Waals surface area contributed by atoms with E-state index >= 15 is 0 Å². The fourth-order valence-electron chi connectivity index (χ4n) is 1.87. The van der Waals surface area contributed by atoms with Gasteiger partial charge < -0.3 is 9.72 Å². The van der Waals surface area contributed by atoms with Crippen LogP contribution < -0.4 is 5.32 Å². The standard InChI is InChI=1S/C12H14N6S/c1-8-6-10(17(3)16-8)19-12-11-14-4-5-18(11)7-9(13-2)15-12/h4-7,13H,1-3H3. The van der Waals surface area contributed by atoms with Gasteiger partial charge in [-0.3, -0.25) is 4.68 Å². The second kappa shape index (κ2) is 4.58. The summed E-state index contributed by atoms with van der Waals surface area (Å²) in [6, 6.07) is 2.04. The fraction of sp³-hybridized carbons (Fsp3) is 0.250. The van der Waals surface area contributed by atoms with Gasteiger partial charge in [0.15, 0.2) is 5.65 Å². The van der Waals surface area contributed by atoms with E-state index in [0.29, 0.717) is 0 Å². The monoisotopic (exact) mass is 274 g/mol. The summed E-state index contributed by atoms with van der Waals surface area (Å²) in [5.41, 5.74) is 1.84. The smallest absolute Gasteiger partial charge is 0.170 e. The van der Waals surface area contributed by atoms with Crippen LogP contribution in [0, 0.1) is 6.92 Å². The van der Waals surface area contributed by atoms with Gasteiger partial charge in [0.1, 0.15) is 15.9 Å². The zero-order valence-corrected chi connectivity index (χ0v) is 11.8. The number of aromatic nitrogens is 5. The molecule has 0 bridgehead atoms. The zero-order valence-electron chi connectivity index (χ0n) is 11.0. The minimum absolute atomic E-state index is 0.812. The molecule has 0 saturated heterocycles. The van der Waals surface area contributed by atoms with Crippen molar-refractivity contribution in [2.45, 2.75) is 17.0 Å². The Balaban J connectivity index is 2.08. The minimum Gasteiger partial charge on any atom is -0.372 e. The number of aryl methyl sites for hydroxylation is 2. The van der Waals surface area contributed by atoms with Gasteiger partial charge in [0.2, 0.25) is 0 Å². The van der Waals surface area contributed by atoms with Crippen LogP contribution in [-0.2, 0) is 7.05 Å². The number of rotatable bonds is 3. The lowest BCUT2D eigenvalue weighted by molar-refractivity contribution is 0.692. The van der Waals surface area contributed by atoms with Crippen molar-refractivity contribution in [1.82, 2.24) is 24.1 Å². The Hall–Kier alpha value is -2.02. The van der Waals surface area contributed by atoms with Crippen molar-refractivity contribution in [1.29, 1.82) is 0 Å². The van der Waals surface area contributed by atoms with Crippen molar-refractivity contribution in [2.24, 2.45) is 7.05 Å². The van der Waals surface area contributed by atoms with Gasteiger partial charge in [0.05, 0.1) is 11.9 Å². The van der Waals surface area contributed by atoms with Gasteiger partial charge in [-0.1, -0.05) is 0 Å². The maximum absolute atomic E-state index is 4.56. The Bertz CT molecular complexity index is 729. The number of hydrogen-bond acceptors (Lipinski definition) is 5. The molecule has 0 aliphatic rings. The van der Waals surface area contributed by atoms with Gasteiger partial charge >= 0.3 is 0 Å². The number of nitrogens with zero attached hydrogens (tertiary/aromatic N) is 5. The molecule has 3 rings (SSSR count). The summed E-state index contributed by atoms with van der Waals surface area (Å²) in [5, 5.41) is 9.31. The van der Waals surface area contributed by atoms with E-state index in [1.165, 1.54) is 0 Å². The van der Waals surface area contributed by atoms with E-state index in [4.69, 9.17) is 0 Å². The van der Waals surface area contributed by atoms with Crippen LogP contribution in [0.4, 0.5) is 5.82 Å². The molecule has 98 valence electrons. The van der Waals surface area contributed by atoms with Crippen molar-refractivity contribution in [3.8, 4) is 0 Å². The van der Waals surface area contributed by atoms with Crippen molar-refractivity contribution >= 4 is 23.2 Å². The van der Waals surface area contributed by atoms with Crippen LogP contribution in [0.15, 0.2) is 34.7 Å². The largest absolute Gasteiger partial charge is 0.372 e. The molecular weight excluding hydrogens is 260 g/mol. The van der Waals surface area contributed by atoms with E-state index in [2.05, 4.69) is 20.4 Å². The van der Waals surface area contributed by atoms with E-state index in [0.717, 1.165) is 27.2 Å². The van der Waals surface area contributed by atoms with Crippen LogP contribution in [0.3, 0.4) is 0 Å². The number of fused-ring (bicyclic) bond motifs is 1. The molecule has 0 atom stereocenters. The molecule has 0 radical (unpaired) electrons. The van der Waals surface area contributed by atoms with Crippen LogP contribution in [0.25, 0.3) is 5.65 Å². The van der Waals surface area contributed by atoms with Crippen molar-refractivity contribution in [3.05, 3.63) is 30.4 Å². The Kier molecular flexibility index (Phi) is 2.90. The minimum atomic E-state index is 0.812. The molecule has 0 aromatic carbocycles. The average molecular weight is 274 g/mol. The van der Waals surface area contributed by atoms with Crippen molar-refractivity contribution < 1.29 is 0 Å². The number of nitrogens with one attached hydrogen (secondary N) is 1. The Morgan fingerprint density at radius 2 is 2.21 bits per heavy atom. The molecular formula is C12H14N6S. The van der Waals surface area contributed by atoms with Crippen LogP contribution in [0.1, 0.15) is 5.69 Å². The Morgan fingerprint density at radius 3 is 2.89 bits per heavy atom. The Morgan fingerprint density at radius 1 is 1.37 bits per heavy atom. The molecule has 3 aromatic heterocycles. The predicted molar refractivity (Wildman–Crippen MR) is 74.6 cm³/mol. The first-order valence-corrected chi connectivity index (χ1v) is 6.69. The highest BCUT2D eigenvalue weighted by molar-refractivity contribution is 7.99. The lowest BCUT2D eigenvalue weighted by atomic mass is 10.5. The van der Waals surface area contributed by atoms with E-state index in [1.54, 1.807) is 18.0 Å². The van der Waals surface area contributed by atoms with Gasteiger partial charge in [-0.2, -0.15) is 5.10 Å². The average Bonchev–Trinajstić information content (AvgIpc) is 2.96. The SMILES string of the molecule is CNc1cn2ccnc2c(Sc2cc(C)nn2C)n1. The molecule has 6 nitrogen and oxygen atoms in total. The molecule has 3 heterocycles. The summed E-state index contributed by atoms with van der Waals surface area (Å²) in [6.07, 6.45) is 5.60. The lowest BCUT2D eigenvalue weighted by Crippen LogP contribution is -1.99. The molecule has 1 N–H and O–H groups in total. The van der Waals surface area contributed by atoms with E-state index in [9.17, 15) is 0 Å². The summed E-state index contributed by atoms with van der Waals surface area (Å²) in [4.78, 5) is 8.91. The van der Waals surface area contributed by atoms with Gasteiger partial charge in [-0.15, -0.1) is 0 Å². The highest BCUT2D eigenvalue weighted by Gasteiger charge is 2.11. The first kappa shape index (κ1) is 12.0. The quantitative estimate of drug-likeness (QED) is 0.791. The molecule has 0 spiro atoms. The Labute approximate surface area is 114 Å². The molecule has 19 heavy (non-hydrogen) atoms. The molecule has 0 fully saturated rings. The normalized spacial score (nSPS) is 11.1. The van der Waals surface area contributed by atoms with Gasteiger partial charge in [-0.05, 0) is 24.8 Å². The van der Waals surface area contributed by atoms with Crippen LogP contribution in [-0.4, -0.2) is 31.2 Å². The summed E-state index contributed by atoms with van der Waals surface area (Å²) in [6.45, 7) is 1.98. The summed E-state index contributed by atoms with van der Waals surface area (Å²) in [7, 11) is 3.79. The molecule has 7 heteroatoms. The lowest BCUT2D eigenvalue weighted by Gasteiger charge is -2.06. The van der Waals surface area contributed by atoms with Gasteiger partial charge in [0.25, 0.3) is 0 Å². The predicted octanol–water partition coefficient (Wildman–Crippen LogP) is 1.96. The molecule has 0 unspecified atom stereocenters. The van der Waals surface area contributed by atoms with Gasteiger partial charge in [-0.25, -0.2) is 9.97 Å². The topological polar surface area (TPSA) is 60.0 Å². The second-order valence-corrected chi connectivity index (χ2v) is 5.20. The maximum Gasteiger partial charge on any atom is 0.170 e. The number of hydrogen-bond donors (Lipinski definition) is 1. The molecule has 0 amide bonds. The summed E-state index contributed by atoms with van der Waals surface area (Å²) < 4.78 is 3.82. The number of anilines is 1. The van der Waals surface area contributed by atoms with E-state index in [-0.39, 0.29) is 0 Å². The highest BCUT2D eigenvalue weighted by atomic mass is 32.2. The number of imidazole rings is 1. The van der Waals surface area contributed by atoms with Gasteiger partial charge in [0, 0.05) is 26.5 Å². The third-order valence-corrected chi connectivity index (χ3v) is 3.82. The van der Waals surface area contributed by atoms with Crippen LogP contribution in [0.5, 0.6) is 0 Å². The third kappa shape index (κ3) is 2.17. The fourth-order valence-corrected chi connectivity index (χ4v) is 2.87. The zero-order chi connectivity index (χ0) is 13.4. The first-order chi connectivity index (χ1) is 9.17. The molecule has 0 aliphatic heterocycles. The van der Waals surface area contributed by atoms with Crippen molar-refractivity contribution in [3.63, 3.8) is 0 Å². The van der Waals surface area contributed by atoms with E-state index < -0.39 is 0 Å². The second-order valence-electron chi connectivity index (χ2n) is 4.19. The summed E-state index contributed by atoms with van der Waals surface area (Å²) >= 11 is 1.56. The first-order valence-electron chi connectivity index (χ1n) is 5.87. The maximum atomic E-state index is 4.56. The van der Waals surface area contributed by atoms with Crippen LogP contribution >= 0.6 is 11.8 Å². The molecule has 0 saturated carbocycles. The van der Waals surface area contributed by atoms with Crippen LogP contribution in [0.2, 0.25) is 0 Å². The summed E-state index contributed by atoms with van der Waals surface area (Å²) in [5.74, 6) is 0.812. The highest BCUT2D eigenvalue weighted by Crippen LogP contribution is 2.29. The molecule has 3 aromatic rings. The van der Waals surface area contributed by atoms with Crippen molar-refractivity contribution in [2.75, 3.05) is 12.4 Å². The molecule has 0 aliphatic carbocycles. The third-order valence-electron chi connectivity index (χ3n) is 2.76. The van der Waals surface area contributed by atoms with E-state index in [1.807, 2.05) is 48.6 Å².